The van der Waals surface area contributed by atoms with Crippen molar-refractivity contribution in [3.8, 4) is 0 Å². The molecule has 0 aliphatic rings. The second-order valence-electron chi connectivity index (χ2n) is 4.68. The molecule has 2 aromatic rings. The van der Waals surface area contributed by atoms with Crippen LogP contribution in [0.3, 0.4) is 0 Å². The molecule has 0 unspecified atom stereocenters. The monoisotopic (exact) mass is 252 g/mol. The zero-order valence-electron chi connectivity index (χ0n) is 10.2. The number of H-pyrrole nitrogens is 1. The lowest BCUT2D eigenvalue weighted by atomic mass is 10.2. The summed E-state index contributed by atoms with van der Waals surface area (Å²) in [6, 6.07) is 5.26. The zero-order valence-corrected chi connectivity index (χ0v) is 11.0. The Bertz CT molecular complexity index is 642. The van der Waals surface area contributed by atoms with Crippen molar-refractivity contribution in [2.75, 3.05) is 5.75 Å². The summed E-state index contributed by atoms with van der Waals surface area (Å²) in [6.45, 7) is 5.68. The van der Waals surface area contributed by atoms with E-state index in [-0.39, 0.29) is 11.7 Å². The lowest BCUT2D eigenvalue weighted by molar-refractivity contribution is 0.583. The highest BCUT2D eigenvalue weighted by Gasteiger charge is 2.20. The number of rotatable bonds is 3. The molecule has 1 N–H and O–H groups in total. The molecule has 1 heterocycles. The summed E-state index contributed by atoms with van der Waals surface area (Å²) in [5.74, 6) is 0.258. The molecule has 0 bridgehead atoms. The van der Waals surface area contributed by atoms with Gasteiger partial charge in [0.1, 0.15) is 5.52 Å². The highest BCUT2D eigenvalue weighted by molar-refractivity contribution is 7.91. The molecule has 0 aliphatic heterocycles. The Labute approximate surface area is 101 Å². The van der Waals surface area contributed by atoms with Crippen molar-refractivity contribution in [1.29, 1.82) is 0 Å². The Balaban J connectivity index is 2.64. The summed E-state index contributed by atoms with van der Waals surface area (Å²) in [5, 5.41) is 7.79. The van der Waals surface area contributed by atoms with Gasteiger partial charge in [0, 0.05) is 11.1 Å². The Morgan fingerprint density at radius 3 is 2.71 bits per heavy atom. The molecule has 2 rings (SSSR count). The highest BCUT2D eigenvalue weighted by atomic mass is 32.2. The molecule has 0 spiro atoms. The van der Waals surface area contributed by atoms with Crippen LogP contribution in [0.4, 0.5) is 0 Å². The van der Waals surface area contributed by atoms with Crippen LogP contribution >= 0.6 is 0 Å². The largest absolute Gasteiger partial charge is 0.282 e. The maximum atomic E-state index is 12.2. The first kappa shape index (κ1) is 12.1. The van der Waals surface area contributed by atoms with Crippen LogP contribution in [0.5, 0.6) is 0 Å². The van der Waals surface area contributed by atoms with Crippen LogP contribution in [0.2, 0.25) is 0 Å². The topological polar surface area (TPSA) is 62.8 Å². The maximum Gasteiger partial charge on any atom is 0.180 e. The van der Waals surface area contributed by atoms with Gasteiger partial charge in [0.05, 0.1) is 10.6 Å². The molecule has 0 radical (unpaired) electrons. The number of aromatic amines is 1. The van der Waals surface area contributed by atoms with E-state index in [4.69, 9.17) is 0 Å². The van der Waals surface area contributed by atoms with E-state index in [9.17, 15) is 8.42 Å². The molecule has 92 valence electrons. The van der Waals surface area contributed by atoms with E-state index in [1.165, 1.54) is 0 Å². The third-order valence-corrected chi connectivity index (χ3v) is 4.73. The van der Waals surface area contributed by atoms with Crippen LogP contribution in [0.15, 0.2) is 23.1 Å². The van der Waals surface area contributed by atoms with Gasteiger partial charge in [-0.1, -0.05) is 26.0 Å². The fourth-order valence-corrected chi connectivity index (χ4v) is 3.71. The molecule has 0 aliphatic carbocycles. The van der Waals surface area contributed by atoms with Crippen molar-refractivity contribution >= 4 is 20.7 Å². The first-order valence-corrected chi connectivity index (χ1v) is 7.23. The Morgan fingerprint density at radius 1 is 1.35 bits per heavy atom. The lowest BCUT2D eigenvalue weighted by Gasteiger charge is -2.07. The molecule has 1 aromatic heterocycles. The Hall–Kier alpha value is -1.36. The first-order valence-electron chi connectivity index (χ1n) is 5.58. The van der Waals surface area contributed by atoms with E-state index in [0.29, 0.717) is 10.4 Å². The molecule has 1 aromatic carbocycles. The van der Waals surface area contributed by atoms with Crippen LogP contribution in [-0.2, 0) is 9.84 Å². The summed E-state index contributed by atoms with van der Waals surface area (Å²) < 4.78 is 24.4. The van der Waals surface area contributed by atoms with Crippen LogP contribution < -0.4 is 0 Å². The number of fused-ring (bicyclic) bond motifs is 1. The number of hydrogen-bond acceptors (Lipinski definition) is 3. The average molecular weight is 252 g/mol. The lowest BCUT2D eigenvalue weighted by Crippen LogP contribution is -2.12. The molecule has 0 saturated heterocycles. The minimum Gasteiger partial charge on any atom is -0.282 e. The van der Waals surface area contributed by atoms with Gasteiger partial charge in [-0.15, -0.1) is 0 Å². The number of nitrogens with zero attached hydrogens (tertiary/aromatic N) is 1. The van der Waals surface area contributed by atoms with Gasteiger partial charge in [0.2, 0.25) is 0 Å². The van der Waals surface area contributed by atoms with Crippen molar-refractivity contribution < 1.29 is 8.42 Å². The number of hydrogen-bond donors (Lipinski definition) is 1. The first-order chi connectivity index (χ1) is 7.92. The van der Waals surface area contributed by atoms with Gasteiger partial charge in [-0.2, -0.15) is 5.10 Å². The fraction of sp³-hybridized carbons (Fsp3) is 0.417. The summed E-state index contributed by atoms with van der Waals surface area (Å²) >= 11 is 0. The quantitative estimate of drug-likeness (QED) is 0.911. The number of nitrogens with one attached hydrogen (secondary N) is 1. The smallest absolute Gasteiger partial charge is 0.180 e. The van der Waals surface area contributed by atoms with Gasteiger partial charge >= 0.3 is 0 Å². The van der Waals surface area contributed by atoms with Crippen molar-refractivity contribution in [2.45, 2.75) is 25.7 Å². The molecule has 4 nitrogen and oxygen atoms in total. The molecule has 17 heavy (non-hydrogen) atoms. The average Bonchev–Trinajstić information content (AvgIpc) is 2.58. The van der Waals surface area contributed by atoms with E-state index < -0.39 is 9.84 Å². The van der Waals surface area contributed by atoms with Gasteiger partial charge in [0.15, 0.2) is 9.84 Å². The van der Waals surface area contributed by atoms with Gasteiger partial charge in [-0.05, 0) is 18.9 Å². The van der Waals surface area contributed by atoms with Crippen LogP contribution in [0, 0.1) is 12.8 Å². The zero-order chi connectivity index (χ0) is 12.6. The van der Waals surface area contributed by atoms with Crippen LogP contribution in [0.25, 0.3) is 10.9 Å². The van der Waals surface area contributed by atoms with Crippen molar-refractivity contribution in [2.24, 2.45) is 5.92 Å². The number of benzene rings is 1. The number of aryl methyl sites for hydroxylation is 1. The fourth-order valence-electron chi connectivity index (χ4n) is 1.92. The molecular weight excluding hydrogens is 236 g/mol. The maximum absolute atomic E-state index is 12.2. The van der Waals surface area contributed by atoms with Crippen LogP contribution in [-0.4, -0.2) is 24.4 Å². The van der Waals surface area contributed by atoms with Gasteiger partial charge in [0.25, 0.3) is 0 Å². The third-order valence-electron chi connectivity index (χ3n) is 2.63. The summed E-state index contributed by atoms with van der Waals surface area (Å²) in [6.07, 6.45) is 0. The van der Waals surface area contributed by atoms with Gasteiger partial charge < -0.3 is 0 Å². The molecule has 0 atom stereocenters. The molecule has 5 heteroatoms. The van der Waals surface area contributed by atoms with Crippen LogP contribution in [0.1, 0.15) is 19.5 Å². The van der Waals surface area contributed by atoms with Crippen molar-refractivity contribution in [3.05, 3.63) is 23.9 Å². The Morgan fingerprint density at radius 2 is 2.06 bits per heavy atom. The molecule has 0 saturated carbocycles. The summed E-state index contributed by atoms with van der Waals surface area (Å²) in [5.41, 5.74) is 1.44. The SMILES string of the molecule is Cc1[nH]nc2c(S(=O)(=O)CC(C)C)cccc12. The van der Waals surface area contributed by atoms with Gasteiger partial charge in [-0.3, -0.25) is 5.10 Å². The van der Waals surface area contributed by atoms with Gasteiger partial charge in [-0.25, -0.2) is 8.42 Å². The molecule has 0 fully saturated rings. The second-order valence-corrected chi connectivity index (χ2v) is 6.68. The number of sulfone groups is 1. The van der Waals surface area contributed by atoms with E-state index in [2.05, 4.69) is 10.2 Å². The molecular formula is C12H16N2O2S. The highest BCUT2D eigenvalue weighted by Crippen LogP contribution is 2.24. The molecule has 0 amide bonds. The predicted octanol–water partition coefficient (Wildman–Crippen LogP) is 2.30. The van der Waals surface area contributed by atoms with E-state index in [1.807, 2.05) is 26.8 Å². The normalized spacial score (nSPS) is 12.5. The third kappa shape index (κ3) is 2.20. The number of aromatic nitrogens is 2. The Kier molecular flexibility index (Phi) is 2.95. The number of para-hydroxylation sites is 1. The van der Waals surface area contributed by atoms with E-state index in [1.54, 1.807) is 12.1 Å². The van der Waals surface area contributed by atoms with E-state index >= 15 is 0 Å². The van der Waals surface area contributed by atoms with Crippen molar-refractivity contribution in [3.63, 3.8) is 0 Å². The minimum atomic E-state index is -3.26. The minimum absolute atomic E-state index is 0.107. The standard InChI is InChI=1S/C12H16N2O2S/c1-8(2)7-17(15,16)11-6-4-5-10-9(3)13-14-12(10)11/h4-6,8H,7H2,1-3H3,(H,13,14). The summed E-state index contributed by atoms with van der Waals surface area (Å²) in [7, 11) is -3.26. The predicted molar refractivity (Wildman–Crippen MR) is 67.7 cm³/mol. The summed E-state index contributed by atoms with van der Waals surface area (Å²) in [4.78, 5) is 0.327. The second kappa shape index (κ2) is 4.14. The van der Waals surface area contributed by atoms with Crippen molar-refractivity contribution in [1.82, 2.24) is 10.2 Å². The van der Waals surface area contributed by atoms with E-state index in [0.717, 1.165) is 11.1 Å².